The number of hydrogen-bond donors (Lipinski definition) is 2. The second-order valence-corrected chi connectivity index (χ2v) is 4.61. The molecule has 0 saturated carbocycles. The van der Waals surface area contributed by atoms with Gasteiger partial charge in [0.25, 0.3) is 0 Å². The van der Waals surface area contributed by atoms with Crippen molar-refractivity contribution < 1.29 is 22.3 Å². The number of furan rings is 1. The van der Waals surface area contributed by atoms with Crippen molar-refractivity contribution >= 4 is 11.6 Å². The van der Waals surface area contributed by atoms with Crippen molar-refractivity contribution in [1.29, 1.82) is 0 Å². The van der Waals surface area contributed by atoms with Crippen LogP contribution in [0.3, 0.4) is 0 Å². The van der Waals surface area contributed by atoms with Gasteiger partial charge in [-0.3, -0.25) is 11.3 Å². The third kappa shape index (κ3) is 4.38. The van der Waals surface area contributed by atoms with E-state index in [1.165, 1.54) is 30.5 Å². The highest BCUT2D eigenvalue weighted by molar-refractivity contribution is 6.29. The lowest BCUT2D eigenvalue weighted by molar-refractivity contribution is -0.274. The van der Waals surface area contributed by atoms with E-state index in [0.29, 0.717) is 12.0 Å². The SMILES string of the molecule is NNC(Cc1ccc(OC(F)(F)F)cc1)c1ccoc1Cl. The van der Waals surface area contributed by atoms with E-state index in [1.54, 1.807) is 6.07 Å². The molecule has 3 N–H and O–H groups in total. The lowest BCUT2D eigenvalue weighted by Gasteiger charge is -2.15. The van der Waals surface area contributed by atoms with Crippen LogP contribution < -0.4 is 16.0 Å². The first-order valence-corrected chi connectivity index (χ1v) is 6.30. The average molecular weight is 321 g/mol. The molecule has 0 spiro atoms. The van der Waals surface area contributed by atoms with Crippen LogP contribution in [0.2, 0.25) is 5.22 Å². The molecule has 1 unspecified atom stereocenters. The van der Waals surface area contributed by atoms with Crippen molar-refractivity contribution in [2.24, 2.45) is 5.84 Å². The molecule has 1 atom stereocenters. The van der Waals surface area contributed by atoms with Crippen LogP contribution in [0.1, 0.15) is 17.2 Å². The van der Waals surface area contributed by atoms with Crippen LogP contribution >= 0.6 is 11.6 Å². The molecule has 4 nitrogen and oxygen atoms in total. The van der Waals surface area contributed by atoms with Crippen molar-refractivity contribution in [3.63, 3.8) is 0 Å². The Kier molecular flexibility index (Phi) is 4.76. The van der Waals surface area contributed by atoms with Crippen LogP contribution in [0.15, 0.2) is 41.0 Å². The van der Waals surface area contributed by atoms with Gasteiger partial charge in [-0.25, -0.2) is 0 Å². The van der Waals surface area contributed by atoms with E-state index in [1.807, 2.05) is 0 Å². The monoisotopic (exact) mass is 320 g/mol. The summed E-state index contributed by atoms with van der Waals surface area (Å²) < 4.78 is 45.0. The number of ether oxygens (including phenoxy) is 1. The average Bonchev–Trinajstić information content (AvgIpc) is 2.82. The molecule has 0 saturated heterocycles. The Balaban J connectivity index is 2.07. The number of benzene rings is 1. The van der Waals surface area contributed by atoms with Gasteiger partial charge in [-0.2, -0.15) is 0 Å². The summed E-state index contributed by atoms with van der Waals surface area (Å²) in [5, 5.41) is 0.218. The summed E-state index contributed by atoms with van der Waals surface area (Å²) in [4.78, 5) is 0. The van der Waals surface area contributed by atoms with Gasteiger partial charge in [-0.15, -0.1) is 13.2 Å². The molecule has 0 fully saturated rings. The standard InChI is InChI=1S/C13H12ClF3N2O2/c14-12-10(5-6-20-12)11(19-18)7-8-1-3-9(4-2-8)21-13(15,16)17/h1-6,11,19H,7,18H2. The number of hydrogen-bond acceptors (Lipinski definition) is 4. The summed E-state index contributed by atoms with van der Waals surface area (Å²) in [5.41, 5.74) is 4.03. The van der Waals surface area contributed by atoms with Crippen molar-refractivity contribution in [2.75, 3.05) is 0 Å². The van der Waals surface area contributed by atoms with E-state index in [9.17, 15) is 13.2 Å². The summed E-state index contributed by atoms with van der Waals surface area (Å²) >= 11 is 5.87. The second kappa shape index (κ2) is 6.38. The van der Waals surface area contributed by atoms with Crippen LogP contribution in [0.25, 0.3) is 0 Å². The quantitative estimate of drug-likeness (QED) is 0.653. The largest absolute Gasteiger partial charge is 0.573 e. The minimum atomic E-state index is -4.70. The topological polar surface area (TPSA) is 60.4 Å². The van der Waals surface area contributed by atoms with E-state index >= 15 is 0 Å². The fourth-order valence-corrected chi connectivity index (χ4v) is 2.12. The lowest BCUT2D eigenvalue weighted by Crippen LogP contribution is -2.29. The highest BCUT2D eigenvalue weighted by Crippen LogP contribution is 2.28. The van der Waals surface area contributed by atoms with Crippen molar-refractivity contribution in [3.8, 4) is 5.75 Å². The van der Waals surface area contributed by atoms with Crippen molar-refractivity contribution in [3.05, 3.63) is 52.9 Å². The number of nitrogens with two attached hydrogens (primary N) is 1. The van der Waals surface area contributed by atoms with Crippen LogP contribution in [0.4, 0.5) is 13.2 Å². The minimum Gasteiger partial charge on any atom is -0.453 e. The molecule has 0 radical (unpaired) electrons. The Bertz CT molecular complexity index is 584. The molecule has 0 aliphatic carbocycles. The zero-order valence-electron chi connectivity index (χ0n) is 10.7. The van der Waals surface area contributed by atoms with Gasteiger partial charge in [-0.1, -0.05) is 12.1 Å². The molecule has 2 rings (SSSR count). The van der Waals surface area contributed by atoms with Gasteiger partial charge in [0.15, 0.2) is 5.22 Å². The van der Waals surface area contributed by atoms with Crippen molar-refractivity contribution in [1.82, 2.24) is 5.43 Å². The first-order chi connectivity index (χ1) is 9.89. The third-order valence-electron chi connectivity index (χ3n) is 2.82. The second-order valence-electron chi connectivity index (χ2n) is 4.26. The Morgan fingerprint density at radius 3 is 2.38 bits per heavy atom. The fourth-order valence-electron chi connectivity index (χ4n) is 1.88. The van der Waals surface area contributed by atoms with E-state index in [2.05, 4.69) is 10.2 Å². The molecule has 0 aliphatic rings. The van der Waals surface area contributed by atoms with E-state index in [4.69, 9.17) is 21.9 Å². The van der Waals surface area contributed by atoms with Crippen molar-refractivity contribution in [2.45, 2.75) is 18.8 Å². The molecular formula is C13H12ClF3N2O2. The maximum absolute atomic E-state index is 12.1. The van der Waals surface area contributed by atoms with E-state index in [-0.39, 0.29) is 17.0 Å². The molecule has 2 aromatic rings. The molecule has 0 amide bonds. The Morgan fingerprint density at radius 2 is 1.90 bits per heavy atom. The Hall–Kier alpha value is -1.70. The van der Waals surface area contributed by atoms with Crippen LogP contribution in [0, 0.1) is 0 Å². The number of alkyl halides is 3. The lowest BCUT2D eigenvalue weighted by atomic mass is 10.0. The molecular weight excluding hydrogens is 309 g/mol. The number of hydrazine groups is 1. The predicted octanol–water partition coefficient (Wildman–Crippen LogP) is 3.58. The molecule has 1 aromatic heterocycles. The van der Waals surface area contributed by atoms with Crippen LogP contribution in [-0.4, -0.2) is 6.36 Å². The van der Waals surface area contributed by atoms with Gasteiger partial charge in [-0.05, 0) is 41.8 Å². The predicted molar refractivity (Wildman–Crippen MR) is 70.6 cm³/mol. The number of halogens is 4. The van der Waals surface area contributed by atoms with Gasteiger partial charge in [0.1, 0.15) is 5.75 Å². The molecule has 0 aliphatic heterocycles. The zero-order chi connectivity index (χ0) is 15.5. The molecule has 21 heavy (non-hydrogen) atoms. The summed E-state index contributed by atoms with van der Waals surface area (Å²) in [7, 11) is 0. The molecule has 0 bridgehead atoms. The zero-order valence-corrected chi connectivity index (χ0v) is 11.4. The third-order valence-corrected chi connectivity index (χ3v) is 3.13. The fraction of sp³-hybridized carbons (Fsp3) is 0.231. The van der Waals surface area contributed by atoms with Gasteiger partial charge < -0.3 is 9.15 Å². The Morgan fingerprint density at radius 1 is 1.24 bits per heavy atom. The maximum atomic E-state index is 12.1. The molecule has 114 valence electrons. The van der Waals surface area contributed by atoms with E-state index in [0.717, 1.165) is 5.56 Å². The number of nitrogens with one attached hydrogen (secondary N) is 1. The normalized spacial score (nSPS) is 13.2. The van der Waals surface area contributed by atoms with Crippen LogP contribution in [0.5, 0.6) is 5.75 Å². The molecule has 8 heteroatoms. The summed E-state index contributed by atoms with van der Waals surface area (Å²) in [6.07, 6.45) is -2.84. The summed E-state index contributed by atoms with van der Waals surface area (Å²) in [6, 6.07) is 6.90. The highest BCUT2D eigenvalue weighted by atomic mass is 35.5. The molecule has 1 aromatic carbocycles. The van der Waals surface area contributed by atoms with Gasteiger partial charge in [0, 0.05) is 5.56 Å². The summed E-state index contributed by atoms with van der Waals surface area (Å²) in [5.74, 6) is 5.20. The minimum absolute atomic E-state index is 0.218. The van der Waals surface area contributed by atoms with Gasteiger partial charge >= 0.3 is 6.36 Å². The van der Waals surface area contributed by atoms with Gasteiger partial charge in [0.2, 0.25) is 0 Å². The van der Waals surface area contributed by atoms with Gasteiger partial charge in [0.05, 0.1) is 12.3 Å². The first-order valence-electron chi connectivity index (χ1n) is 5.93. The number of rotatable bonds is 5. The highest BCUT2D eigenvalue weighted by Gasteiger charge is 2.31. The summed E-state index contributed by atoms with van der Waals surface area (Å²) in [6.45, 7) is 0. The molecule has 1 heterocycles. The Labute approximate surface area is 123 Å². The maximum Gasteiger partial charge on any atom is 0.573 e. The smallest absolute Gasteiger partial charge is 0.453 e. The first kappa shape index (κ1) is 15.7. The van der Waals surface area contributed by atoms with E-state index < -0.39 is 6.36 Å². The van der Waals surface area contributed by atoms with Crippen LogP contribution in [-0.2, 0) is 6.42 Å².